The molecule has 0 aliphatic heterocycles. The van der Waals surface area contributed by atoms with Crippen molar-refractivity contribution in [3.05, 3.63) is 11.9 Å². The van der Waals surface area contributed by atoms with Crippen LogP contribution in [0.1, 0.15) is 44.6 Å². The number of nitrogen functional groups attached to an aromatic ring is 1. The molecule has 0 spiro atoms. The third-order valence-corrected chi connectivity index (χ3v) is 5.14. The van der Waals surface area contributed by atoms with Gasteiger partial charge in [0, 0.05) is 11.3 Å². The van der Waals surface area contributed by atoms with Crippen LogP contribution in [-0.2, 0) is 9.53 Å². The Morgan fingerprint density at radius 1 is 1.52 bits per heavy atom. The molecule has 1 saturated carbocycles. The molecule has 21 heavy (non-hydrogen) atoms. The Labute approximate surface area is 129 Å². The quantitative estimate of drug-likeness (QED) is 0.262. The SMILES string of the molecule is COC(=O)CC1(CSc2ncnc(NN)c2C(C)C)CC1. The molecule has 1 aromatic rings. The lowest BCUT2D eigenvalue weighted by Crippen LogP contribution is -2.15. The van der Waals surface area contributed by atoms with Crippen LogP contribution >= 0.6 is 11.8 Å². The summed E-state index contributed by atoms with van der Waals surface area (Å²) in [6.07, 6.45) is 4.14. The van der Waals surface area contributed by atoms with Crippen LogP contribution in [-0.4, -0.2) is 28.8 Å². The minimum atomic E-state index is -0.135. The smallest absolute Gasteiger partial charge is 0.306 e. The molecule has 116 valence electrons. The number of hydrogen-bond donors (Lipinski definition) is 2. The van der Waals surface area contributed by atoms with Crippen LogP contribution in [0, 0.1) is 5.41 Å². The molecular weight excluding hydrogens is 288 g/mol. The number of carbonyl (C=O) groups excluding carboxylic acids is 1. The third-order valence-electron chi connectivity index (χ3n) is 3.78. The molecule has 0 atom stereocenters. The first-order chi connectivity index (χ1) is 10.0. The summed E-state index contributed by atoms with van der Waals surface area (Å²) in [5.41, 5.74) is 3.74. The molecule has 0 amide bonds. The van der Waals surface area contributed by atoms with Crippen LogP contribution < -0.4 is 11.3 Å². The van der Waals surface area contributed by atoms with Crippen molar-refractivity contribution in [2.24, 2.45) is 11.3 Å². The fourth-order valence-electron chi connectivity index (χ4n) is 2.28. The molecule has 1 heterocycles. The molecule has 0 unspecified atom stereocenters. The molecule has 7 heteroatoms. The maximum atomic E-state index is 11.5. The van der Waals surface area contributed by atoms with Gasteiger partial charge in [0.2, 0.25) is 0 Å². The number of thioether (sulfide) groups is 1. The van der Waals surface area contributed by atoms with Crippen molar-refractivity contribution in [1.82, 2.24) is 9.97 Å². The summed E-state index contributed by atoms with van der Waals surface area (Å²) in [5, 5.41) is 0.934. The predicted octanol–water partition coefficient (Wildman–Crippen LogP) is 2.32. The number of ether oxygens (including phenoxy) is 1. The maximum Gasteiger partial charge on any atom is 0.306 e. The molecule has 1 aliphatic carbocycles. The van der Waals surface area contributed by atoms with E-state index < -0.39 is 0 Å². The van der Waals surface area contributed by atoms with E-state index in [4.69, 9.17) is 10.6 Å². The monoisotopic (exact) mass is 310 g/mol. The molecule has 3 N–H and O–H groups in total. The number of hydrogen-bond acceptors (Lipinski definition) is 7. The number of hydrazine groups is 1. The lowest BCUT2D eigenvalue weighted by atomic mass is 10.1. The number of methoxy groups -OCH3 is 1. The number of nitrogens with one attached hydrogen (secondary N) is 1. The number of rotatable bonds is 7. The van der Waals surface area contributed by atoms with Crippen molar-refractivity contribution in [2.45, 2.75) is 44.1 Å². The van der Waals surface area contributed by atoms with Crippen LogP contribution in [0.4, 0.5) is 5.82 Å². The number of nitrogens with two attached hydrogens (primary N) is 1. The summed E-state index contributed by atoms with van der Waals surface area (Å²) in [6, 6.07) is 0. The number of carbonyl (C=O) groups is 1. The number of nitrogens with zero attached hydrogens (tertiary/aromatic N) is 2. The first-order valence-corrected chi connectivity index (χ1v) is 8.01. The lowest BCUT2D eigenvalue weighted by molar-refractivity contribution is -0.141. The number of aromatic nitrogens is 2. The number of esters is 1. The van der Waals surface area contributed by atoms with Crippen LogP contribution in [0.2, 0.25) is 0 Å². The van der Waals surface area contributed by atoms with Crippen LogP contribution in [0.15, 0.2) is 11.4 Å². The highest BCUT2D eigenvalue weighted by Crippen LogP contribution is 2.52. The van der Waals surface area contributed by atoms with E-state index >= 15 is 0 Å². The van der Waals surface area contributed by atoms with Gasteiger partial charge < -0.3 is 10.2 Å². The Balaban J connectivity index is 2.08. The molecule has 0 saturated heterocycles. The van der Waals surface area contributed by atoms with Crippen LogP contribution in [0.3, 0.4) is 0 Å². The van der Waals surface area contributed by atoms with Gasteiger partial charge in [0.05, 0.1) is 13.5 Å². The zero-order valence-corrected chi connectivity index (χ0v) is 13.5. The Morgan fingerprint density at radius 2 is 2.24 bits per heavy atom. The van der Waals surface area contributed by atoms with Gasteiger partial charge in [0.25, 0.3) is 0 Å². The van der Waals surface area contributed by atoms with Gasteiger partial charge in [-0.25, -0.2) is 15.8 Å². The van der Waals surface area contributed by atoms with Gasteiger partial charge in [-0.05, 0) is 24.2 Å². The highest BCUT2D eigenvalue weighted by molar-refractivity contribution is 7.99. The van der Waals surface area contributed by atoms with Crippen LogP contribution in [0.25, 0.3) is 0 Å². The predicted molar refractivity (Wildman–Crippen MR) is 83.0 cm³/mol. The summed E-state index contributed by atoms with van der Waals surface area (Å²) in [5.74, 6) is 7.19. The average molecular weight is 310 g/mol. The Morgan fingerprint density at radius 3 is 2.76 bits per heavy atom. The van der Waals surface area contributed by atoms with Gasteiger partial charge in [-0.2, -0.15) is 0 Å². The minimum Gasteiger partial charge on any atom is -0.469 e. The molecule has 0 radical (unpaired) electrons. The molecule has 1 fully saturated rings. The topological polar surface area (TPSA) is 90.1 Å². The van der Waals surface area contributed by atoms with Gasteiger partial charge in [-0.3, -0.25) is 4.79 Å². The highest BCUT2D eigenvalue weighted by atomic mass is 32.2. The first kappa shape index (κ1) is 16.0. The van der Waals surface area contributed by atoms with Crippen molar-refractivity contribution < 1.29 is 9.53 Å². The summed E-state index contributed by atoms with van der Waals surface area (Å²) in [6.45, 7) is 4.18. The second-order valence-corrected chi connectivity index (χ2v) is 6.75. The largest absolute Gasteiger partial charge is 0.469 e. The summed E-state index contributed by atoms with van der Waals surface area (Å²) in [4.78, 5) is 20.0. The second kappa shape index (κ2) is 6.62. The van der Waals surface area contributed by atoms with Crippen molar-refractivity contribution in [3.63, 3.8) is 0 Å². The van der Waals surface area contributed by atoms with Gasteiger partial charge >= 0.3 is 5.97 Å². The molecule has 1 aromatic heterocycles. The fraction of sp³-hybridized carbons (Fsp3) is 0.643. The minimum absolute atomic E-state index is 0.0767. The van der Waals surface area contributed by atoms with E-state index in [2.05, 4.69) is 29.2 Å². The lowest BCUT2D eigenvalue weighted by Gasteiger charge is -2.17. The fourth-order valence-corrected chi connectivity index (χ4v) is 3.72. The van der Waals surface area contributed by atoms with Gasteiger partial charge in [0.15, 0.2) is 0 Å². The van der Waals surface area contributed by atoms with E-state index in [1.165, 1.54) is 13.4 Å². The maximum absolute atomic E-state index is 11.5. The molecule has 1 aliphatic rings. The second-order valence-electron chi connectivity index (χ2n) is 5.78. The van der Waals surface area contributed by atoms with Gasteiger partial charge in [-0.1, -0.05) is 13.8 Å². The van der Waals surface area contributed by atoms with E-state index in [0.717, 1.165) is 29.2 Å². The molecule has 0 bridgehead atoms. The van der Waals surface area contributed by atoms with E-state index in [0.29, 0.717) is 12.2 Å². The summed E-state index contributed by atoms with van der Waals surface area (Å²) in [7, 11) is 1.44. The van der Waals surface area contributed by atoms with E-state index in [1.54, 1.807) is 11.8 Å². The Hall–Kier alpha value is -1.34. The molecule has 0 aromatic carbocycles. The van der Waals surface area contributed by atoms with Gasteiger partial charge in [-0.15, -0.1) is 11.8 Å². The first-order valence-electron chi connectivity index (χ1n) is 7.02. The molecular formula is C14H22N4O2S. The van der Waals surface area contributed by atoms with Gasteiger partial charge in [0.1, 0.15) is 17.2 Å². The number of anilines is 1. The Bertz CT molecular complexity index is 518. The third kappa shape index (κ3) is 3.85. The van der Waals surface area contributed by atoms with Crippen molar-refractivity contribution >= 4 is 23.5 Å². The van der Waals surface area contributed by atoms with Crippen molar-refractivity contribution in [2.75, 3.05) is 18.3 Å². The van der Waals surface area contributed by atoms with Crippen molar-refractivity contribution in [1.29, 1.82) is 0 Å². The average Bonchev–Trinajstić information content (AvgIpc) is 3.24. The standard InChI is InChI=1S/C14H22N4O2S/c1-9(2)11-12(18-15)16-8-17-13(11)21-7-14(4-5-14)6-10(19)20-3/h8-9H,4-7,15H2,1-3H3,(H,16,17,18). The van der Waals surface area contributed by atoms with E-state index in [9.17, 15) is 4.79 Å². The Kier molecular flexibility index (Phi) is 5.05. The zero-order valence-electron chi connectivity index (χ0n) is 12.7. The highest BCUT2D eigenvalue weighted by Gasteiger charge is 2.44. The normalized spacial score (nSPS) is 15.9. The molecule has 6 nitrogen and oxygen atoms in total. The van der Waals surface area contributed by atoms with E-state index in [1.807, 2.05) is 0 Å². The van der Waals surface area contributed by atoms with Crippen molar-refractivity contribution in [3.8, 4) is 0 Å². The summed E-state index contributed by atoms with van der Waals surface area (Å²) < 4.78 is 4.78. The van der Waals surface area contributed by atoms with E-state index in [-0.39, 0.29) is 17.3 Å². The summed E-state index contributed by atoms with van der Waals surface area (Å²) >= 11 is 1.67. The molecule has 2 rings (SSSR count). The van der Waals surface area contributed by atoms with Crippen LogP contribution in [0.5, 0.6) is 0 Å². The zero-order chi connectivity index (χ0) is 15.5.